The van der Waals surface area contributed by atoms with Gasteiger partial charge in [-0.3, -0.25) is 9.59 Å². The van der Waals surface area contributed by atoms with Gasteiger partial charge in [0.2, 0.25) is 5.91 Å². The fourth-order valence-corrected chi connectivity index (χ4v) is 2.02. The van der Waals surface area contributed by atoms with Gasteiger partial charge >= 0.3 is 6.18 Å². The van der Waals surface area contributed by atoms with Crippen LogP contribution in [0.5, 0.6) is 0 Å². The molecule has 0 unspecified atom stereocenters. The van der Waals surface area contributed by atoms with Crippen LogP contribution in [0.2, 0.25) is 0 Å². The van der Waals surface area contributed by atoms with E-state index in [4.69, 9.17) is 0 Å². The molecule has 0 spiro atoms. The molecule has 8 heteroatoms. The van der Waals surface area contributed by atoms with Crippen molar-refractivity contribution >= 4 is 11.8 Å². The Morgan fingerprint density at radius 2 is 1.81 bits per heavy atom. The second-order valence-corrected chi connectivity index (χ2v) is 5.68. The molecule has 26 heavy (non-hydrogen) atoms. The first-order chi connectivity index (χ1) is 12.3. The van der Waals surface area contributed by atoms with E-state index in [0.717, 1.165) is 6.08 Å². The molecule has 0 aromatic rings. The topological polar surface area (TPSA) is 70.2 Å². The Bertz CT molecular complexity index is 510. The molecule has 0 bridgehead atoms. The van der Waals surface area contributed by atoms with Gasteiger partial charge in [-0.1, -0.05) is 40.2 Å². The van der Waals surface area contributed by atoms with Crippen LogP contribution < -0.4 is 16.0 Å². The first-order valence-corrected chi connectivity index (χ1v) is 9.04. The maximum absolute atomic E-state index is 12.6. The van der Waals surface area contributed by atoms with Crippen molar-refractivity contribution in [3.05, 3.63) is 23.3 Å². The number of carbonyl (C=O) groups excluding carboxylic acids is 2. The van der Waals surface area contributed by atoms with Crippen LogP contribution in [0, 0.1) is 0 Å². The van der Waals surface area contributed by atoms with Crippen LogP contribution >= 0.6 is 0 Å². The summed E-state index contributed by atoms with van der Waals surface area (Å²) >= 11 is 0. The number of allylic oxidation sites excluding steroid dienone is 2. The average molecular weight is 377 g/mol. The summed E-state index contributed by atoms with van der Waals surface area (Å²) in [5.74, 6) is -1.02. The van der Waals surface area contributed by atoms with Gasteiger partial charge in [-0.05, 0) is 18.9 Å². The van der Waals surface area contributed by atoms with Crippen molar-refractivity contribution in [1.82, 2.24) is 16.0 Å². The highest BCUT2D eigenvalue weighted by Gasteiger charge is 2.34. The predicted molar refractivity (Wildman–Crippen MR) is 96.6 cm³/mol. The molecular formula is C18H30F3N3O2. The molecule has 0 aromatic heterocycles. The molecular weight excluding hydrogens is 347 g/mol. The van der Waals surface area contributed by atoms with Crippen molar-refractivity contribution < 1.29 is 22.8 Å². The van der Waals surface area contributed by atoms with E-state index in [-0.39, 0.29) is 36.9 Å². The van der Waals surface area contributed by atoms with E-state index in [0.29, 0.717) is 13.1 Å². The van der Waals surface area contributed by atoms with Gasteiger partial charge in [0.15, 0.2) is 0 Å². The van der Waals surface area contributed by atoms with E-state index in [1.807, 2.05) is 13.8 Å². The molecule has 0 atom stereocenters. The molecule has 150 valence electrons. The van der Waals surface area contributed by atoms with Crippen molar-refractivity contribution in [3.8, 4) is 0 Å². The SMILES string of the molecule is CC.CCC.O=C(CNC(=O)C1=CCCC(C(F)(F)F)=C1)NC1CNC1. The molecule has 2 amide bonds. The number of hydrogen-bond donors (Lipinski definition) is 3. The molecule has 1 heterocycles. The van der Waals surface area contributed by atoms with Crippen LogP contribution in [0.3, 0.4) is 0 Å². The van der Waals surface area contributed by atoms with E-state index in [1.54, 1.807) is 0 Å². The number of alkyl halides is 3. The molecule has 2 aliphatic rings. The van der Waals surface area contributed by atoms with E-state index < -0.39 is 17.7 Å². The lowest BCUT2D eigenvalue weighted by Gasteiger charge is -2.27. The lowest BCUT2D eigenvalue weighted by atomic mass is 9.98. The number of halogens is 3. The normalized spacial score (nSPS) is 16.4. The van der Waals surface area contributed by atoms with E-state index in [1.165, 1.54) is 12.5 Å². The number of hydrogen-bond acceptors (Lipinski definition) is 3. The second-order valence-electron chi connectivity index (χ2n) is 5.68. The Labute approximate surface area is 153 Å². The minimum absolute atomic E-state index is 0.0494. The molecule has 0 saturated carbocycles. The summed E-state index contributed by atoms with van der Waals surface area (Å²) in [5, 5.41) is 7.98. The third-order valence-corrected chi connectivity index (χ3v) is 3.29. The Hall–Kier alpha value is -1.83. The lowest BCUT2D eigenvalue weighted by Crippen LogP contribution is -2.58. The van der Waals surface area contributed by atoms with Crippen molar-refractivity contribution in [1.29, 1.82) is 0 Å². The largest absolute Gasteiger partial charge is 0.412 e. The Morgan fingerprint density at radius 1 is 1.23 bits per heavy atom. The van der Waals surface area contributed by atoms with E-state index >= 15 is 0 Å². The minimum Gasteiger partial charge on any atom is -0.349 e. The fraction of sp³-hybridized carbons (Fsp3) is 0.667. The fourth-order valence-electron chi connectivity index (χ4n) is 2.02. The van der Waals surface area contributed by atoms with Gasteiger partial charge in [0, 0.05) is 24.2 Å². The van der Waals surface area contributed by atoms with Gasteiger partial charge in [-0.15, -0.1) is 0 Å². The van der Waals surface area contributed by atoms with Crippen LogP contribution in [0.25, 0.3) is 0 Å². The van der Waals surface area contributed by atoms with Crippen LogP contribution in [-0.2, 0) is 9.59 Å². The van der Waals surface area contributed by atoms with Crippen molar-refractivity contribution in [2.24, 2.45) is 0 Å². The molecule has 1 fully saturated rings. The smallest absolute Gasteiger partial charge is 0.349 e. The monoisotopic (exact) mass is 377 g/mol. The standard InChI is InChI=1S/C13H16F3N3O2.C3H8.C2H6/c14-13(15,16)9-3-1-2-8(4-9)12(21)18-7-11(20)19-10-5-17-6-10;1-3-2;1-2/h2,4,10,17H,1,3,5-7H2,(H,18,21)(H,19,20);3H2,1-2H3;1-2H3. The zero-order valence-electron chi connectivity index (χ0n) is 15.9. The highest BCUT2D eigenvalue weighted by Crippen LogP contribution is 2.32. The van der Waals surface area contributed by atoms with Crippen molar-refractivity contribution in [2.45, 2.75) is 59.2 Å². The number of carbonyl (C=O) groups is 2. The van der Waals surface area contributed by atoms with Crippen LogP contribution in [-0.4, -0.2) is 43.7 Å². The van der Waals surface area contributed by atoms with Gasteiger partial charge in [-0.25, -0.2) is 0 Å². The molecule has 0 radical (unpaired) electrons. The van der Waals surface area contributed by atoms with Crippen LogP contribution in [0.1, 0.15) is 47.0 Å². The number of rotatable bonds is 4. The maximum Gasteiger partial charge on any atom is 0.412 e. The summed E-state index contributed by atoms with van der Waals surface area (Å²) in [5.41, 5.74) is -0.771. The maximum atomic E-state index is 12.6. The first-order valence-electron chi connectivity index (χ1n) is 9.04. The quantitative estimate of drug-likeness (QED) is 0.706. The van der Waals surface area contributed by atoms with Crippen LogP contribution in [0.4, 0.5) is 13.2 Å². The van der Waals surface area contributed by atoms with Crippen molar-refractivity contribution in [3.63, 3.8) is 0 Å². The highest BCUT2D eigenvalue weighted by atomic mass is 19.4. The Balaban J connectivity index is 0.00000113. The first kappa shape index (κ1) is 24.2. The highest BCUT2D eigenvalue weighted by molar-refractivity contribution is 5.98. The lowest BCUT2D eigenvalue weighted by molar-refractivity contribution is -0.125. The number of amides is 2. The molecule has 1 saturated heterocycles. The summed E-state index contributed by atoms with van der Waals surface area (Å²) in [6, 6.07) is 0.0556. The zero-order valence-corrected chi connectivity index (χ0v) is 15.9. The molecule has 0 aromatic carbocycles. The molecule has 1 aliphatic carbocycles. The number of nitrogens with one attached hydrogen (secondary N) is 3. The summed E-state index contributed by atoms with van der Waals surface area (Å²) in [6.07, 6.45) is -0.858. The van der Waals surface area contributed by atoms with Gasteiger partial charge in [0.25, 0.3) is 5.91 Å². The second kappa shape index (κ2) is 12.5. The van der Waals surface area contributed by atoms with E-state index in [9.17, 15) is 22.8 Å². The van der Waals surface area contributed by atoms with Gasteiger partial charge < -0.3 is 16.0 Å². The van der Waals surface area contributed by atoms with Gasteiger partial charge in [-0.2, -0.15) is 13.2 Å². The summed E-state index contributed by atoms with van der Waals surface area (Å²) in [6.45, 7) is 9.37. The Kier molecular flexibility index (Phi) is 11.6. The minimum atomic E-state index is -4.42. The Morgan fingerprint density at radius 3 is 2.27 bits per heavy atom. The summed E-state index contributed by atoms with van der Waals surface area (Å²) < 4.78 is 37.8. The average Bonchev–Trinajstić information content (AvgIpc) is 2.58. The van der Waals surface area contributed by atoms with Gasteiger partial charge in [0.1, 0.15) is 0 Å². The summed E-state index contributed by atoms with van der Waals surface area (Å²) in [4.78, 5) is 23.2. The molecule has 5 nitrogen and oxygen atoms in total. The molecule has 1 aliphatic heterocycles. The molecule has 3 N–H and O–H groups in total. The predicted octanol–water partition coefficient (Wildman–Crippen LogP) is 2.84. The van der Waals surface area contributed by atoms with Crippen molar-refractivity contribution in [2.75, 3.05) is 19.6 Å². The third-order valence-electron chi connectivity index (χ3n) is 3.29. The summed E-state index contributed by atoms with van der Waals surface area (Å²) in [7, 11) is 0. The zero-order chi connectivity index (χ0) is 20.2. The van der Waals surface area contributed by atoms with Gasteiger partial charge in [0.05, 0.1) is 12.6 Å². The molecule has 2 rings (SSSR count). The third kappa shape index (κ3) is 9.03. The van der Waals surface area contributed by atoms with E-state index in [2.05, 4.69) is 29.8 Å². The van der Waals surface area contributed by atoms with Crippen LogP contribution in [0.15, 0.2) is 23.3 Å².